The molecule has 0 unspecified atom stereocenters. The summed E-state index contributed by atoms with van der Waals surface area (Å²) < 4.78 is 0. The van der Waals surface area contributed by atoms with E-state index in [2.05, 4.69) is 27.0 Å². The van der Waals surface area contributed by atoms with Crippen LogP contribution < -0.4 is 0 Å². The molecule has 0 aliphatic rings. The summed E-state index contributed by atoms with van der Waals surface area (Å²) in [6.45, 7) is 11.8. The Bertz CT molecular complexity index is 104. The third-order valence-electron chi connectivity index (χ3n) is 0.540. The van der Waals surface area contributed by atoms with E-state index in [0.29, 0.717) is 0 Å². The largest absolute Gasteiger partial charge is 0.147 e. The standard InChI is InChI=1S/2C4H7.ClH.Pd/c2*1-4(2)3;;/h2*1-2H2,3H3;1H;. The molecule has 0 bridgehead atoms. The molecule has 0 amide bonds. The summed E-state index contributed by atoms with van der Waals surface area (Å²) in [5.74, 6) is 0. The molecule has 0 rings (SSSR count). The smallest absolute Gasteiger partial charge is 0.147 e. The number of halogens is 1. The van der Waals surface area contributed by atoms with Crippen LogP contribution in [0.4, 0.5) is 0 Å². The summed E-state index contributed by atoms with van der Waals surface area (Å²) in [5, 5.41) is 0. The molecule has 0 nitrogen and oxygen atoms in total. The van der Waals surface area contributed by atoms with Gasteiger partial charge in [-0.2, -0.15) is 0 Å². The van der Waals surface area contributed by atoms with Gasteiger partial charge in [-0.15, -0.1) is 12.4 Å². The van der Waals surface area contributed by atoms with Crippen molar-refractivity contribution in [3.63, 3.8) is 0 Å². The molecule has 0 N–H and O–H groups in total. The molecule has 64 valence electrons. The van der Waals surface area contributed by atoms with E-state index in [-0.39, 0.29) is 12.4 Å². The average Bonchev–Trinajstić information content (AvgIpc) is 1.63. The van der Waals surface area contributed by atoms with Gasteiger partial charge >= 0.3 is 65.9 Å². The van der Waals surface area contributed by atoms with Crippen LogP contribution in [0.3, 0.4) is 0 Å². The van der Waals surface area contributed by atoms with Gasteiger partial charge in [-0.3, -0.25) is 0 Å². The maximum absolute atomic E-state index is 3.83. The minimum absolute atomic E-state index is 0. The summed E-state index contributed by atoms with van der Waals surface area (Å²) in [6.07, 6.45) is 0. The van der Waals surface area contributed by atoms with E-state index in [1.807, 2.05) is 0 Å². The van der Waals surface area contributed by atoms with Crippen LogP contribution in [-0.2, 0) is 18.0 Å². The molecular formula is C8H15ClPd. The van der Waals surface area contributed by atoms with Crippen molar-refractivity contribution < 1.29 is 18.0 Å². The maximum atomic E-state index is 3.83. The second-order valence-corrected chi connectivity index (χ2v) is 4.17. The van der Waals surface area contributed by atoms with Crippen molar-refractivity contribution in [3.05, 3.63) is 24.3 Å². The van der Waals surface area contributed by atoms with Gasteiger partial charge in [0, 0.05) is 0 Å². The van der Waals surface area contributed by atoms with Crippen LogP contribution in [0, 0.1) is 0 Å². The molecule has 10 heavy (non-hydrogen) atoms. The van der Waals surface area contributed by atoms with Crippen molar-refractivity contribution in [2.45, 2.75) is 23.6 Å². The number of hydrogen-bond acceptors (Lipinski definition) is 0. The Morgan fingerprint density at radius 3 is 1.60 bits per heavy atom. The molecule has 0 heterocycles. The van der Waals surface area contributed by atoms with E-state index in [9.17, 15) is 0 Å². The Morgan fingerprint density at radius 1 is 1.10 bits per heavy atom. The van der Waals surface area contributed by atoms with E-state index in [4.69, 9.17) is 0 Å². The minimum atomic E-state index is 0. The molecule has 0 atom stereocenters. The second-order valence-electron chi connectivity index (χ2n) is 2.30. The zero-order valence-electron chi connectivity index (χ0n) is 6.55. The zero-order chi connectivity index (χ0) is 7.28. The molecule has 0 aliphatic carbocycles. The van der Waals surface area contributed by atoms with Crippen LogP contribution in [0.25, 0.3) is 0 Å². The molecule has 0 spiro atoms. The van der Waals surface area contributed by atoms with Gasteiger partial charge in [0.05, 0.1) is 0 Å². The topological polar surface area (TPSA) is 0 Å². The van der Waals surface area contributed by atoms with Crippen molar-refractivity contribution in [1.29, 1.82) is 0 Å². The fourth-order valence-electron chi connectivity index (χ4n) is 0.309. The third-order valence-corrected chi connectivity index (χ3v) is 3.19. The first-order valence-electron chi connectivity index (χ1n) is 2.86. The van der Waals surface area contributed by atoms with E-state index >= 15 is 0 Å². The zero-order valence-corrected chi connectivity index (χ0v) is 8.92. The van der Waals surface area contributed by atoms with Gasteiger partial charge in [0.15, 0.2) is 0 Å². The predicted octanol–water partition coefficient (Wildman–Crippen LogP) is 3.48. The van der Waals surface area contributed by atoms with Gasteiger partial charge in [0.1, 0.15) is 0 Å². The molecule has 0 aromatic heterocycles. The van der Waals surface area contributed by atoms with E-state index < -0.39 is 0 Å². The molecule has 0 aromatic rings. The van der Waals surface area contributed by atoms with Crippen molar-refractivity contribution in [2.24, 2.45) is 0 Å². The third kappa shape index (κ3) is 11.3. The summed E-state index contributed by atoms with van der Waals surface area (Å²) in [7, 11) is 0. The fraction of sp³-hybridized carbons (Fsp3) is 0.500. The molecular weight excluding hydrogens is 238 g/mol. The Morgan fingerprint density at radius 2 is 1.40 bits per heavy atom. The Balaban J connectivity index is 0. The van der Waals surface area contributed by atoms with E-state index in [1.165, 1.54) is 20.9 Å². The van der Waals surface area contributed by atoms with Gasteiger partial charge in [-0.25, -0.2) is 0 Å². The molecule has 2 heteroatoms. The first-order chi connectivity index (χ1) is 4.13. The van der Waals surface area contributed by atoms with Crippen molar-refractivity contribution in [2.75, 3.05) is 0 Å². The fourth-order valence-corrected chi connectivity index (χ4v) is 1.83. The Labute approximate surface area is 78.4 Å². The van der Waals surface area contributed by atoms with Crippen molar-refractivity contribution >= 4 is 12.4 Å². The number of hydrogen-bond donors (Lipinski definition) is 0. The van der Waals surface area contributed by atoms with Gasteiger partial charge in [0.2, 0.25) is 0 Å². The first-order valence-corrected chi connectivity index (χ1v) is 5.06. The maximum Gasteiger partial charge on any atom is -0.147 e. The number of rotatable bonds is 4. The van der Waals surface area contributed by atoms with Crippen LogP contribution in [0.15, 0.2) is 24.3 Å². The molecule has 0 aromatic carbocycles. The molecule has 0 radical (unpaired) electrons. The van der Waals surface area contributed by atoms with Crippen LogP contribution >= 0.6 is 12.4 Å². The van der Waals surface area contributed by atoms with Crippen LogP contribution in [-0.4, -0.2) is 0 Å². The van der Waals surface area contributed by atoms with Gasteiger partial charge in [0.25, 0.3) is 0 Å². The summed E-state index contributed by atoms with van der Waals surface area (Å²) in [4.78, 5) is 2.39. The van der Waals surface area contributed by atoms with Crippen LogP contribution in [0.2, 0.25) is 9.79 Å². The minimum Gasteiger partial charge on any atom is -0.147 e. The molecule has 0 saturated heterocycles. The molecule has 0 aliphatic heterocycles. The van der Waals surface area contributed by atoms with E-state index in [1.54, 1.807) is 0 Å². The molecule has 0 saturated carbocycles. The van der Waals surface area contributed by atoms with Crippen LogP contribution in [0.1, 0.15) is 13.8 Å². The van der Waals surface area contributed by atoms with Crippen LogP contribution in [0.5, 0.6) is 0 Å². The van der Waals surface area contributed by atoms with Crippen molar-refractivity contribution in [3.8, 4) is 0 Å². The Kier molecular flexibility index (Phi) is 9.84. The van der Waals surface area contributed by atoms with Gasteiger partial charge < -0.3 is 0 Å². The Hall–Kier alpha value is 0.432. The second kappa shape index (κ2) is 7.54. The summed E-state index contributed by atoms with van der Waals surface area (Å²) >= 11 is 0.819. The monoisotopic (exact) mass is 252 g/mol. The van der Waals surface area contributed by atoms with Gasteiger partial charge in [-0.05, 0) is 0 Å². The summed E-state index contributed by atoms with van der Waals surface area (Å²) in [6, 6.07) is 0. The average molecular weight is 253 g/mol. The quantitative estimate of drug-likeness (QED) is 0.531. The van der Waals surface area contributed by atoms with E-state index in [0.717, 1.165) is 18.0 Å². The van der Waals surface area contributed by atoms with Crippen molar-refractivity contribution in [1.82, 2.24) is 0 Å². The summed E-state index contributed by atoms with van der Waals surface area (Å²) in [5.41, 5.74) is 2.59. The SMILES string of the molecule is C=C(C)[CH2][Pd][CH2]C(=C)C.Cl. The van der Waals surface area contributed by atoms with Gasteiger partial charge in [-0.1, -0.05) is 0 Å². The first kappa shape index (κ1) is 13.1. The number of allylic oxidation sites excluding steroid dienone is 2. The molecule has 0 fully saturated rings. The normalized spacial score (nSPS) is 8.60. The predicted molar refractivity (Wildman–Crippen MR) is 46.5 cm³/mol.